The fraction of sp³-hybridized carbons (Fsp3) is 0.263. The monoisotopic (exact) mass is 421 g/mol. The molecular formula is C19H23N3O6S. The summed E-state index contributed by atoms with van der Waals surface area (Å²) >= 11 is 0. The van der Waals surface area contributed by atoms with Crippen molar-refractivity contribution in [2.45, 2.75) is 24.8 Å². The topological polar surface area (TPSA) is 123 Å². The van der Waals surface area contributed by atoms with Crippen molar-refractivity contribution in [1.29, 1.82) is 0 Å². The van der Waals surface area contributed by atoms with Gasteiger partial charge in [0.15, 0.2) is 11.5 Å². The summed E-state index contributed by atoms with van der Waals surface area (Å²) in [6.45, 7) is 2.82. The van der Waals surface area contributed by atoms with Crippen LogP contribution in [0.25, 0.3) is 0 Å². The molecule has 0 fully saturated rings. The molecule has 2 rings (SSSR count). The van der Waals surface area contributed by atoms with Crippen molar-refractivity contribution in [3.05, 3.63) is 42.5 Å². The van der Waals surface area contributed by atoms with Crippen LogP contribution in [0.3, 0.4) is 0 Å². The lowest BCUT2D eigenvalue weighted by Crippen LogP contribution is -2.41. The smallest absolute Gasteiger partial charge is 0.242 e. The summed E-state index contributed by atoms with van der Waals surface area (Å²) in [5.74, 6) is -0.104. The lowest BCUT2D eigenvalue weighted by molar-refractivity contribution is -0.117. The number of ether oxygens (including phenoxy) is 2. The summed E-state index contributed by atoms with van der Waals surface area (Å²) in [4.78, 5) is 23.3. The molecule has 0 aliphatic rings. The van der Waals surface area contributed by atoms with Crippen molar-refractivity contribution in [2.24, 2.45) is 0 Å². The molecule has 0 unspecified atom stereocenters. The first kappa shape index (κ1) is 22.2. The molecule has 10 heteroatoms. The zero-order chi connectivity index (χ0) is 21.6. The minimum atomic E-state index is -3.97. The number of nitrogens with one attached hydrogen (secondary N) is 3. The van der Waals surface area contributed by atoms with Crippen molar-refractivity contribution in [3.8, 4) is 11.5 Å². The summed E-state index contributed by atoms with van der Waals surface area (Å²) < 4.78 is 37.7. The number of rotatable bonds is 8. The molecule has 29 heavy (non-hydrogen) atoms. The fourth-order valence-corrected chi connectivity index (χ4v) is 3.65. The number of sulfonamides is 1. The zero-order valence-corrected chi connectivity index (χ0v) is 17.3. The Labute approximate surface area is 169 Å². The maximum atomic E-state index is 12.6. The van der Waals surface area contributed by atoms with E-state index in [4.69, 9.17) is 9.47 Å². The average Bonchev–Trinajstić information content (AvgIpc) is 2.68. The second-order valence-electron chi connectivity index (χ2n) is 6.11. The molecule has 0 aliphatic heterocycles. The van der Waals surface area contributed by atoms with Crippen molar-refractivity contribution in [1.82, 2.24) is 4.72 Å². The van der Waals surface area contributed by atoms with Gasteiger partial charge in [0.05, 0.1) is 25.2 Å². The number of amides is 2. The van der Waals surface area contributed by atoms with E-state index in [0.717, 1.165) is 0 Å². The normalized spacial score (nSPS) is 12.0. The molecular weight excluding hydrogens is 398 g/mol. The first-order chi connectivity index (χ1) is 13.7. The number of carbonyl (C=O) groups is 2. The van der Waals surface area contributed by atoms with Crippen molar-refractivity contribution in [3.63, 3.8) is 0 Å². The van der Waals surface area contributed by atoms with E-state index in [1.165, 1.54) is 46.3 Å². The van der Waals surface area contributed by atoms with Gasteiger partial charge in [-0.25, -0.2) is 8.42 Å². The maximum Gasteiger partial charge on any atom is 0.242 e. The van der Waals surface area contributed by atoms with Gasteiger partial charge in [-0.2, -0.15) is 4.72 Å². The Morgan fingerprint density at radius 2 is 1.45 bits per heavy atom. The van der Waals surface area contributed by atoms with Crippen LogP contribution in [0.2, 0.25) is 0 Å². The Hall–Kier alpha value is -3.11. The van der Waals surface area contributed by atoms with Crippen LogP contribution in [0.4, 0.5) is 11.4 Å². The Balaban J connectivity index is 2.07. The van der Waals surface area contributed by atoms with Crippen molar-refractivity contribution < 1.29 is 27.5 Å². The molecule has 2 amide bonds. The van der Waals surface area contributed by atoms with E-state index < -0.39 is 22.0 Å². The van der Waals surface area contributed by atoms with Gasteiger partial charge < -0.3 is 20.1 Å². The van der Waals surface area contributed by atoms with Gasteiger partial charge in [0.25, 0.3) is 0 Å². The highest BCUT2D eigenvalue weighted by Gasteiger charge is 2.23. The molecule has 0 heterocycles. The molecule has 156 valence electrons. The molecule has 0 aliphatic carbocycles. The Morgan fingerprint density at radius 1 is 0.897 bits per heavy atom. The summed E-state index contributed by atoms with van der Waals surface area (Å²) in [6.07, 6.45) is 0. The van der Waals surface area contributed by atoms with Crippen LogP contribution >= 0.6 is 0 Å². The SMILES string of the molecule is COc1ccc(S(=O)(=O)N[C@@H](C)C(=O)Nc2ccc(NC(C)=O)cc2)cc1OC. The van der Waals surface area contributed by atoms with Gasteiger partial charge in [0.1, 0.15) is 0 Å². The third kappa shape index (κ3) is 5.93. The van der Waals surface area contributed by atoms with E-state index in [0.29, 0.717) is 17.1 Å². The van der Waals surface area contributed by atoms with Gasteiger partial charge >= 0.3 is 0 Å². The van der Waals surface area contributed by atoms with Gasteiger partial charge in [0, 0.05) is 24.4 Å². The number of anilines is 2. The Morgan fingerprint density at radius 3 is 1.97 bits per heavy atom. The van der Waals surface area contributed by atoms with E-state index in [1.807, 2.05) is 0 Å². The molecule has 0 saturated carbocycles. The van der Waals surface area contributed by atoms with E-state index in [1.54, 1.807) is 24.3 Å². The predicted octanol–water partition coefficient (Wildman–Crippen LogP) is 1.97. The van der Waals surface area contributed by atoms with Crippen LogP contribution < -0.4 is 24.8 Å². The summed E-state index contributed by atoms with van der Waals surface area (Å²) in [5, 5.41) is 5.23. The van der Waals surface area contributed by atoms with Crippen LogP contribution in [0, 0.1) is 0 Å². The summed E-state index contributed by atoms with van der Waals surface area (Å²) in [5.41, 5.74) is 1.04. The maximum absolute atomic E-state index is 12.6. The molecule has 0 spiro atoms. The summed E-state index contributed by atoms with van der Waals surface area (Å²) in [7, 11) is -1.13. The van der Waals surface area contributed by atoms with Crippen molar-refractivity contribution >= 4 is 33.2 Å². The molecule has 0 saturated heterocycles. The molecule has 2 aromatic rings. The third-order valence-corrected chi connectivity index (χ3v) is 5.40. The Bertz CT molecular complexity index is 990. The number of hydrogen-bond donors (Lipinski definition) is 3. The first-order valence-electron chi connectivity index (χ1n) is 8.59. The van der Waals surface area contributed by atoms with E-state index in [2.05, 4.69) is 15.4 Å². The second kappa shape index (κ2) is 9.39. The number of benzene rings is 2. The van der Waals surface area contributed by atoms with Crippen LogP contribution in [0.15, 0.2) is 47.4 Å². The van der Waals surface area contributed by atoms with E-state index in [-0.39, 0.29) is 16.6 Å². The molecule has 2 aromatic carbocycles. The highest BCUT2D eigenvalue weighted by atomic mass is 32.2. The molecule has 1 atom stereocenters. The van der Waals surface area contributed by atoms with Crippen LogP contribution in [-0.4, -0.2) is 40.5 Å². The lowest BCUT2D eigenvalue weighted by atomic mass is 10.2. The van der Waals surface area contributed by atoms with Crippen LogP contribution in [0.5, 0.6) is 11.5 Å². The van der Waals surface area contributed by atoms with Gasteiger partial charge in [-0.3, -0.25) is 9.59 Å². The van der Waals surface area contributed by atoms with Gasteiger partial charge in [0.2, 0.25) is 21.8 Å². The lowest BCUT2D eigenvalue weighted by Gasteiger charge is -2.16. The minimum Gasteiger partial charge on any atom is -0.493 e. The average molecular weight is 421 g/mol. The highest BCUT2D eigenvalue weighted by Crippen LogP contribution is 2.29. The number of hydrogen-bond acceptors (Lipinski definition) is 6. The Kier molecular flexibility index (Phi) is 7.18. The third-order valence-electron chi connectivity index (χ3n) is 3.86. The van der Waals surface area contributed by atoms with Crippen LogP contribution in [-0.2, 0) is 19.6 Å². The van der Waals surface area contributed by atoms with E-state index >= 15 is 0 Å². The fourth-order valence-electron chi connectivity index (χ4n) is 2.43. The second-order valence-corrected chi connectivity index (χ2v) is 7.82. The quantitative estimate of drug-likeness (QED) is 0.599. The van der Waals surface area contributed by atoms with Crippen LogP contribution in [0.1, 0.15) is 13.8 Å². The zero-order valence-electron chi connectivity index (χ0n) is 16.5. The van der Waals surface area contributed by atoms with Gasteiger partial charge in [-0.15, -0.1) is 0 Å². The summed E-state index contributed by atoms with van der Waals surface area (Å²) in [6, 6.07) is 9.53. The van der Waals surface area contributed by atoms with Crippen molar-refractivity contribution in [2.75, 3.05) is 24.9 Å². The highest BCUT2D eigenvalue weighted by molar-refractivity contribution is 7.89. The minimum absolute atomic E-state index is 0.0607. The first-order valence-corrected chi connectivity index (χ1v) is 10.1. The number of carbonyl (C=O) groups excluding carboxylic acids is 2. The molecule has 0 bridgehead atoms. The van der Waals surface area contributed by atoms with Gasteiger partial charge in [-0.1, -0.05) is 0 Å². The predicted molar refractivity (Wildman–Crippen MR) is 109 cm³/mol. The molecule has 9 nitrogen and oxygen atoms in total. The van der Waals surface area contributed by atoms with E-state index in [9.17, 15) is 18.0 Å². The van der Waals surface area contributed by atoms with Gasteiger partial charge in [-0.05, 0) is 43.3 Å². The largest absolute Gasteiger partial charge is 0.493 e. The number of methoxy groups -OCH3 is 2. The molecule has 0 radical (unpaired) electrons. The molecule has 0 aromatic heterocycles. The molecule has 3 N–H and O–H groups in total. The standard InChI is InChI=1S/C19H23N3O6S/c1-12(19(24)21-15-7-5-14(6-8-15)20-13(2)23)22-29(25,26)16-9-10-17(27-3)18(11-16)28-4/h5-12,22H,1-4H3,(H,20,23)(H,21,24)/t12-/m0/s1.